The zero-order chi connectivity index (χ0) is 20.6. The summed E-state index contributed by atoms with van der Waals surface area (Å²) in [5.41, 5.74) is 2.67. The number of halogens is 1. The van der Waals surface area contributed by atoms with Crippen LogP contribution in [0.4, 0.5) is 11.4 Å². The van der Waals surface area contributed by atoms with Crippen molar-refractivity contribution < 1.29 is 9.59 Å². The Kier molecular flexibility index (Phi) is 7.16. The molecule has 0 aliphatic heterocycles. The molecule has 29 heavy (non-hydrogen) atoms. The molecule has 0 bridgehead atoms. The molecular formula is C23H22BrN3O2. The van der Waals surface area contributed by atoms with Crippen molar-refractivity contribution in [2.24, 2.45) is 0 Å². The summed E-state index contributed by atoms with van der Waals surface area (Å²) in [6.45, 7) is 2.13. The van der Waals surface area contributed by atoms with Gasteiger partial charge in [-0.1, -0.05) is 58.4 Å². The topological polar surface area (TPSA) is 70.2 Å². The Morgan fingerprint density at radius 2 is 1.52 bits per heavy atom. The number of amides is 2. The highest BCUT2D eigenvalue weighted by atomic mass is 79.9. The summed E-state index contributed by atoms with van der Waals surface area (Å²) in [5.74, 6) is -0.489. The molecule has 0 aliphatic rings. The summed E-state index contributed by atoms with van der Waals surface area (Å²) in [6.07, 6.45) is 0. The van der Waals surface area contributed by atoms with E-state index in [1.807, 2.05) is 61.5 Å². The Balaban J connectivity index is 1.60. The number of hydrogen-bond acceptors (Lipinski definition) is 3. The van der Waals surface area contributed by atoms with Crippen LogP contribution in [0.1, 0.15) is 28.9 Å². The molecule has 0 heterocycles. The maximum Gasteiger partial charge on any atom is 0.257 e. The lowest BCUT2D eigenvalue weighted by Gasteiger charge is -2.15. The standard InChI is InChI=1S/C23H22BrN3O2/c1-16(17-11-13-18(24)14-12-17)25-15-22(28)27-21-10-6-5-9-20(21)23(29)26-19-7-3-2-4-8-19/h2-14,16,25H,15H2,1H3,(H,26,29)(H,27,28)/t16-/m1/s1. The van der Waals surface area contributed by atoms with Gasteiger partial charge in [0.15, 0.2) is 0 Å². The van der Waals surface area contributed by atoms with Crippen molar-refractivity contribution in [2.45, 2.75) is 13.0 Å². The van der Waals surface area contributed by atoms with Crippen molar-refractivity contribution >= 4 is 39.1 Å². The zero-order valence-electron chi connectivity index (χ0n) is 16.0. The average Bonchev–Trinajstić information content (AvgIpc) is 2.73. The molecule has 3 N–H and O–H groups in total. The molecular weight excluding hydrogens is 430 g/mol. The van der Waals surface area contributed by atoms with Crippen LogP contribution >= 0.6 is 15.9 Å². The van der Waals surface area contributed by atoms with E-state index < -0.39 is 0 Å². The van der Waals surface area contributed by atoms with Crippen molar-refractivity contribution in [1.29, 1.82) is 0 Å². The number of anilines is 2. The predicted molar refractivity (Wildman–Crippen MR) is 120 cm³/mol. The van der Waals surface area contributed by atoms with Gasteiger partial charge in [0.2, 0.25) is 5.91 Å². The second-order valence-electron chi connectivity index (χ2n) is 6.57. The number of carbonyl (C=O) groups is 2. The van der Waals surface area contributed by atoms with Gasteiger partial charge in [-0.2, -0.15) is 0 Å². The van der Waals surface area contributed by atoms with Crippen molar-refractivity contribution in [3.8, 4) is 0 Å². The van der Waals surface area contributed by atoms with Gasteiger partial charge in [0.25, 0.3) is 5.91 Å². The van der Waals surface area contributed by atoms with Gasteiger partial charge in [0.1, 0.15) is 0 Å². The van der Waals surface area contributed by atoms with Gasteiger partial charge in [0.05, 0.1) is 17.8 Å². The number of nitrogens with one attached hydrogen (secondary N) is 3. The molecule has 3 aromatic rings. The second-order valence-corrected chi connectivity index (χ2v) is 7.48. The Hall–Kier alpha value is -2.96. The van der Waals surface area contributed by atoms with Crippen molar-refractivity contribution in [3.05, 3.63) is 94.5 Å². The molecule has 0 fully saturated rings. The Morgan fingerprint density at radius 1 is 0.862 bits per heavy atom. The molecule has 0 spiro atoms. The van der Waals surface area contributed by atoms with Gasteiger partial charge in [-0.3, -0.25) is 9.59 Å². The van der Waals surface area contributed by atoms with Gasteiger partial charge >= 0.3 is 0 Å². The number of rotatable bonds is 7. The van der Waals surface area contributed by atoms with E-state index in [0.29, 0.717) is 16.9 Å². The molecule has 0 unspecified atom stereocenters. The first-order valence-corrected chi connectivity index (χ1v) is 10.1. The summed E-state index contributed by atoms with van der Waals surface area (Å²) in [7, 11) is 0. The molecule has 3 rings (SSSR count). The monoisotopic (exact) mass is 451 g/mol. The van der Waals surface area contributed by atoms with Crippen molar-refractivity contribution in [3.63, 3.8) is 0 Å². The summed E-state index contributed by atoms with van der Waals surface area (Å²) < 4.78 is 1.01. The highest BCUT2D eigenvalue weighted by Gasteiger charge is 2.14. The van der Waals surface area contributed by atoms with Crippen LogP contribution in [0.2, 0.25) is 0 Å². The largest absolute Gasteiger partial charge is 0.324 e. The normalized spacial score (nSPS) is 11.5. The average molecular weight is 452 g/mol. The summed E-state index contributed by atoms with van der Waals surface area (Å²) in [5, 5.41) is 8.86. The van der Waals surface area contributed by atoms with Crippen LogP contribution < -0.4 is 16.0 Å². The van der Waals surface area contributed by atoms with Crippen molar-refractivity contribution in [1.82, 2.24) is 5.32 Å². The molecule has 0 aliphatic carbocycles. The fourth-order valence-electron chi connectivity index (χ4n) is 2.82. The van der Waals surface area contributed by atoms with E-state index in [4.69, 9.17) is 0 Å². The van der Waals surface area contributed by atoms with Gasteiger partial charge < -0.3 is 16.0 Å². The van der Waals surface area contributed by atoms with Crippen LogP contribution in [0, 0.1) is 0 Å². The maximum atomic E-state index is 12.6. The van der Waals surface area contributed by atoms with Crippen LogP contribution in [0.15, 0.2) is 83.3 Å². The molecule has 5 nitrogen and oxygen atoms in total. The lowest BCUT2D eigenvalue weighted by Crippen LogP contribution is -2.30. The Labute approximate surface area is 178 Å². The van der Waals surface area contributed by atoms with Crippen LogP contribution in [0.25, 0.3) is 0 Å². The highest BCUT2D eigenvalue weighted by Crippen LogP contribution is 2.18. The van der Waals surface area contributed by atoms with Gasteiger partial charge in [-0.25, -0.2) is 0 Å². The quantitative estimate of drug-likeness (QED) is 0.473. The second kappa shape index (κ2) is 10.0. The molecule has 0 saturated carbocycles. The van der Waals surface area contributed by atoms with Gasteiger partial charge in [-0.15, -0.1) is 0 Å². The van der Waals surface area contributed by atoms with Gasteiger partial charge in [-0.05, 0) is 48.9 Å². The first kappa shape index (κ1) is 20.8. The predicted octanol–water partition coefficient (Wildman–Crippen LogP) is 4.99. The molecule has 0 radical (unpaired) electrons. The number of carbonyl (C=O) groups excluding carboxylic acids is 2. The lowest BCUT2D eigenvalue weighted by molar-refractivity contribution is -0.115. The molecule has 1 atom stereocenters. The van der Waals surface area contributed by atoms with E-state index in [0.717, 1.165) is 10.0 Å². The minimum Gasteiger partial charge on any atom is -0.324 e. The fraction of sp³-hybridized carbons (Fsp3) is 0.130. The minimum absolute atomic E-state index is 0.0190. The molecule has 6 heteroatoms. The van der Waals surface area contributed by atoms with E-state index in [2.05, 4.69) is 31.9 Å². The SMILES string of the molecule is C[C@@H](NCC(=O)Nc1ccccc1C(=O)Nc1ccccc1)c1ccc(Br)cc1. The Bertz CT molecular complexity index is 975. The molecule has 2 amide bonds. The Morgan fingerprint density at radius 3 is 2.24 bits per heavy atom. The van der Waals surface area contributed by atoms with Gasteiger partial charge in [0, 0.05) is 16.2 Å². The third kappa shape index (κ3) is 6.01. The van der Waals surface area contributed by atoms with Crippen molar-refractivity contribution in [2.75, 3.05) is 17.2 Å². The fourth-order valence-corrected chi connectivity index (χ4v) is 3.08. The molecule has 0 aromatic heterocycles. The van der Waals surface area contributed by atoms with Crippen LogP contribution in [0.3, 0.4) is 0 Å². The van der Waals surface area contributed by atoms with Crippen LogP contribution in [-0.2, 0) is 4.79 Å². The smallest absolute Gasteiger partial charge is 0.257 e. The minimum atomic E-state index is -0.275. The summed E-state index contributed by atoms with van der Waals surface area (Å²) >= 11 is 3.42. The number of hydrogen-bond donors (Lipinski definition) is 3. The van der Waals surface area contributed by atoms with Crippen LogP contribution in [-0.4, -0.2) is 18.4 Å². The van der Waals surface area contributed by atoms with E-state index >= 15 is 0 Å². The van der Waals surface area contributed by atoms with Crippen LogP contribution in [0.5, 0.6) is 0 Å². The van der Waals surface area contributed by atoms with E-state index in [1.165, 1.54) is 0 Å². The zero-order valence-corrected chi connectivity index (χ0v) is 17.6. The lowest BCUT2D eigenvalue weighted by atomic mass is 10.1. The molecule has 0 saturated heterocycles. The van der Waals surface area contributed by atoms with E-state index in [1.54, 1.807) is 24.3 Å². The highest BCUT2D eigenvalue weighted by molar-refractivity contribution is 9.10. The summed E-state index contributed by atoms with van der Waals surface area (Å²) in [6, 6.07) is 24.1. The third-order valence-electron chi connectivity index (χ3n) is 4.42. The van der Waals surface area contributed by atoms with E-state index in [9.17, 15) is 9.59 Å². The first-order valence-electron chi connectivity index (χ1n) is 9.27. The number of benzene rings is 3. The molecule has 148 valence electrons. The first-order chi connectivity index (χ1) is 14.0. The van der Waals surface area contributed by atoms with E-state index in [-0.39, 0.29) is 24.4 Å². The summed E-state index contributed by atoms with van der Waals surface area (Å²) in [4.78, 5) is 25.0. The number of para-hydroxylation sites is 2. The maximum absolute atomic E-state index is 12.6. The molecule has 3 aromatic carbocycles. The third-order valence-corrected chi connectivity index (χ3v) is 4.94.